The minimum Gasteiger partial charge on any atom is -0.400 e. The molecule has 0 spiro atoms. The van der Waals surface area contributed by atoms with Crippen LogP contribution >= 0.6 is 11.8 Å². The smallest absolute Gasteiger partial charge is 0.189 e. The van der Waals surface area contributed by atoms with Gasteiger partial charge in [0, 0.05) is 25.9 Å². The van der Waals surface area contributed by atoms with Crippen LogP contribution in [0.3, 0.4) is 0 Å². The van der Waals surface area contributed by atoms with E-state index in [1.807, 2.05) is 19.5 Å². The Hall–Kier alpha value is -0.810. The standard InChI is InChI=1S/C8H13N3S.CH4O/c1-4-6-5-10-8(12-3)11-7(6)9-2;1-2/h5H,4H2,1-3H3,(H,9,10,11);2H,1H3. The van der Waals surface area contributed by atoms with Gasteiger partial charge in [0.15, 0.2) is 5.16 Å². The molecule has 0 unspecified atom stereocenters. The first-order valence-electron chi connectivity index (χ1n) is 4.34. The largest absolute Gasteiger partial charge is 0.400 e. The quantitative estimate of drug-likeness (QED) is 0.590. The van der Waals surface area contributed by atoms with Crippen LogP contribution in [0.5, 0.6) is 0 Å². The van der Waals surface area contributed by atoms with Crippen molar-refractivity contribution in [2.45, 2.75) is 18.5 Å². The second-order valence-electron chi connectivity index (χ2n) is 2.33. The normalized spacial score (nSPS) is 8.93. The molecular weight excluding hydrogens is 198 g/mol. The van der Waals surface area contributed by atoms with Crippen molar-refractivity contribution in [3.8, 4) is 0 Å². The van der Waals surface area contributed by atoms with Crippen LogP contribution in [0, 0.1) is 0 Å². The molecule has 1 aromatic heterocycles. The summed E-state index contributed by atoms with van der Waals surface area (Å²) in [7, 11) is 2.88. The number of nitrogens with zero attached hydrogens (tertiary/aromatic N) is 2. The number of thioether (sulfide) groups is 1. The summed E-state index contributed by atoms with van der Waals surface area (Å²) in [5.74, 6) is 0.942. The molecule has 2 N–H and O–H groups in total. The van der Waals surface area contributed by atoms with Crippen LogP contribution in [0.1, 0.15) is 12.5 Å². The number of rotatable bonds is 3. The summed E-state index contributed by atoms with van der Waals surface area (Å²) in [5.41, 5.74) is 1.16. The topological polar surface area (TPSA) is 58.0 Å². The predicted octanol–water partition coefficient (Wildman–Crippen LogP) is 1.41. The molecule has 1 rings (SSSR count). The predicted molar refractivity (Wildman–Crippen MR) is 60.9 cm³/mol. The number of aromatic nitrogens is 2. The Morgan fingerprint density at radius 3 is 2.57 bits per heavy atom. The number of aliphatic hydroxyl groups excluding tert-OH is 1. The molecule has 5 heteroatoms. The first kappa shape index (κ1) is 13.2. The number of anilines is 1. The highest BCUT2D eigenvalue weighted by Crippen LogP contribution is 2.15. The molecular formula is C9H17N3OS. The fourth-order valence-corrected chi connectivity index (χ4v) is 1.30. The first-order valence-corrected chi connectivity index (χ1v) is 5.56. The van der Waals surface area contributed by atoms with E-state index in [-0.39, 0.29) is 0 Å². The van der Waals surface area contributed by atoms with Crippen molar-refractivity contribution in [2.75, 3.05) is 25.7 Å². The maximum atomic E-state index is 7.00. The summed E-state index contributed by atoms with van der Waals surface area (Å²) < 4.78 is 0. The molecule has 0 aliphatic carbocycles. The van der Waals surface area contributed by atoms with Gasteiger partial charge in [0.25, 0.3) is 0 Å². The van der Waals surface area contributed by atoms with E-state index < -0.39 is 0 Å². The minimum atomic E-state index is 0.816. The van der Waals surface area contributed by atoms with Crippen molar-refractivity contribution in [1.82, 2.24) is 9.97 Å². The van der Waals surface area contributed by atoms with E-state index in [0.29, 0.717) is 0 Å². The fourth-order valence-electron chi connectivity index (χ4n) is 0.964. The Morgan fingerprint density at radius 2 is 2.14 bits per heavy atom. The summed E-state index contributed by atoms with van der Waals surface area (Å²) in [5, 5.41) is 10.9. The van der Waals surface area contributed by atoms with Gasteiger partial charge in [-0.25, -0.2) is 9.97 Å². The summed E-state index contributed by atoms with van der Waals surface area (Å²) in [6, 6.07) is 0. The van der Waals surface area contributed by atoms with Gasteiger partial charge in [-0.1, -0.05) is 18.7 Å². The Balaban J connectivity index is 0.000000791. The molecule has 0 fully saturated rings. The molecule has 0 amide bonds. The van der Waals surface area contributed by atoms with Gasteiger partial charge < -0.3 is 10.4 Å². The van der Waals surface area contributed by atoms with Crippen molar-refractivity contribution in [3.05, 3.63) is 11.8 Å². The van der Waals surface area contributed by atoms with Crippen LogP contribution in [0.2, 0.25) is 0 Å². The molecule has 0 aliphatic rings. The van der Waals surface area contributed by atoms with Crippen LogP contribution < -0.4 is 5.32 Å². The van der Waals surface area contributed by atoms with E-state index in [1.54, 1.807) is 11.8 Å². The van der Waals surface area contributed by atoms with E-state index in [2.05, 4.69) is 22.2 Å². The molecule has 1 heterocycles. The van der Waals surface area contributed by atoms with Crippen LogP contribution in [0.4, 0.5) is 5.82 Å². The molecule has 0 aromatic carbocycles. The molecule has 0 radical (unpaired) electrons. The van der Waals surface area contributed by atoms with Crippen molar-refractivity contribution < 1.29 is 5.11 Å². The summed E-state index contributed by atoms with van der Waals surface area (Å²) in [6.07, 6.45) is 4.82. The zero-order valence-electron chi connectivity index (χ0n) is 9.03. The monoisotopic (exact) mass is 215 g/mol. The maximum Gasteiger partial charge on any atom is 0.189 e. The molecule has 0 saturated carbocycles. The fraction of sp³-hybridized carbons (Fsp3) is 0.556. The minimum absolute atomic E-state index is 0.816. The third kappa shape index (κ3) is 3.51. The van der Waals surface area contributed by atoms with Crippen LogP contribution in [0.15, 0.2) is 11.4 Å². The Morgan fingerprint density at radius 1 is 1.50 bits per heavy atom. The number of aliphatic hydroxyl groups is 1. The van der Waals surface area contributed by atoms with Gasteiger partial charge in [0.05, 0.1) is 0 Å². The zero-order chi connectivity index (χ0) is 11.0. The number of hydrogen-bond acceptors (Lipinski definition) is 5. The van der Waals surface area contributed by atoms with Crippen LogP contribution in [0.25, 0.3) is 0 Å². The van der Waals surface area contributed by atoms with Gasteiger partial charge >= 0.3 is 0 Å². The molecule has 0 atom stereocenters. The molecule has 1 aromatic rings. The van der Waals surface area contributed by atoms with Gasteiger partial charge in [0.1, 0.15) is 5.82 Å². The maximum absolute atomic E-state index is 7.00. The lowest BCUT2D eigenvalue weighted by atomic mass is 10.2. The van der Waals surface area contributed by atoms with Gasteiger partial charge in [-0.05, 0) is 12.7 Å². The van der Waals surface area contributed by atoms with E-state index in [0.717, 1.165) is 30.1 Å². The molecule has 4 nitrogen and oxygen atoms in total. The van der Waals surface area contributed by atoms with Crippen LogP contribution in [-0.2, 0) is 6.42 Å². The molecule has 0 bridgehead atoms. The van der Waals surface area contributed by atoms with E-state index in [4.69, 9.17) is 5.11 Å². The lowest BCUT2D eigenvalue weighted by Gasteiger charge is -2.05. The Labute approximate surface area is 89.2 Å². The molecule has 0 saturated heterocycles. The highest BCUT2D eigenvalue weighted by Gasteiger charge is 2.02. The second kappa shape index (κ2) is 7.58. The van der Waals surface area contributed by atoms with Crippen molar-refractivity contribution in [3.63, 3.8) is 0 Å². The molecule has 14 heavy (non-hydrogen) atoms. The van der Waals surface area contributed by atoms with Gasteiger partial charge in [-0.3, -0.25) is 0 Å². The lowest BCUT2D eigenvalue weighted by molar-refractivity contribution is 0.399. The number of nitrogens with one attached hydrogen (secondary N) is 1. The molecule has 80 valence electrons. The highest BCUT2D eigenvalue weighted by atomic mass is 32.2. The van der Waals surface area contributed by atoms with Gasteiger partial charge in [-0.15, -0.1) is 0 Å². The Kier molecular flexibility index (Phi) is 7.14. The third-order valence-corrected chi connectivity index (χ3v) is 2.20. The molecule has 0 aliphatic heterocycles. The van der Waals surface area contributed by atoms with E-state index in [9.17, 15) is 0 Å². The number of aryl methyl sites for hydroxylation is 1. The third-order valence-electron chi connectivity index (χ3n) is 1.64. The Bertz CT molecular complexity index is 268. The van der Waals surface area contributed by atoms with Crippen LogP contribution in [-0.4, -0.2) is 35.5 Å². The zero-order valence-corrected chi connectivity index (χ0v) is 9.85. The highest BCUT2D eigenvalue weighted by molar-refractivity contribution is 7.98. The lowest BCUT2D eigenvalue weighted by Crippen LogP contribution is -2.00. The van der Waals surface area contributed by atoms with E-state index >= 15 is 0 Å². The van der Waals surface area contributed by atoms with Crippen molar-refractivity contribution in [2.24, 2.45) is 0 Å². The SMILES string of the molecule is CCc1cnc(SC)nc1NC.CO. The second-order valence-corrected chi connectivity index (χ2v) is 3.11. The summed E-state index contributed by atoms with van der Waals surface area (Å²) in [6.45, 7) is 2.10. The average Bonchev–Trinajstić information content (AvgIpc) is 2.30. The number of hydrogen-bond donors (Lipinski definition) is 2. The van der Waals surface area contributed by atoms with E-state index in [1.165, 1.54) is 0 Å². The summed E-state index contributed by atoms with van der Waals surface area (Å²) >= 11 is 1.56. The first-order chi connectivity index (χ1) is 6.81. The van der Waals surface area contributed by atoms with Crippen molar-refractivity contribution >= 4 is 17.6 Å². The summed E-state index contributed by atoms with van der Waals surface area (Å²) in [4.78, 5) is 8.51. The van der Waals surface area contributed by atoms with Crippen molar-refractivity contribution in [1.29, 1.82) is 0 Å². The average molecular weight is 215 g/mol. The van der Waals surface area contributed by atoms with Gasteiger partial charge in [0.2, 0.25) is 0 Å². The van der Waals surface area contributed by atoms with Gasteiger partial charge in [-0.2, -0.15) is 0 Å².